The van der Waals surface area contributed by atoms with Gasteiger partial charge < -0.3 is 9.84 Å². The van der Waals surface area contributed by atoms with Gasteiger partial charge in [0.25, 0.3) is 0 Å². The van der Waals surface area contributed by atoms with E-state index in [0.29, 0.717) is 23.3 Å². The van der Waals surface area contributed by atoms with Crippen molar-refractivity contribution in [3.8, 4) is 0 Å². The third kappa shape index (κ3) is 2.22. The second-order valence-electron chi connectivity index (χ2n) is 7.19. The molecule has 0 radical (unpaired) electrons. The molecule has 6 atom stereocenters. The Hall–Kier alpha value is -0.830. The zero-order valence-electron chi connectivity index (χ0n) is 11.9. The van der Waals surface area contributed by atoms with E-state index in [1.54, 1.807) is 6.92 Å². The lowest BCUT2D eigenvalue weighted by Gasteiger charge is -2.44. The second kappa shape index (κ2) is 4.34. The summed E-state index contributed by atoms with van der Waals surface area (Å²) in [6, 6.07) is 0. The van der Waals surface area contributed by atoms with Crippen LogP contribution < -0.4 is 0 Å². The van der Waals surface area contributed by atoms with Crippen LogP contribution in [0.2, 0.25) is 0 Å². The largest absolute Gasteiger partial charge is 0.459 e. The van der Waals surface area contributed by atoms with Gasteiger partial charge in [0.15, 0.2) is 0 Å². The Kier molecular flexibility index (Phi) is 3.01. The molecule has 0 amide bonds. The number of hydrogen-bond acceptors (Lipinski definition) is 3. The summed E-state index contributed by atoms with van der Waals surface area (Å²) in [4.78, 5) is 11.7. The predicted octanol–water partition coefficient (Wildman–Crippen LogP) is 2.68. The second-order valence-corrected chi connectivity index (χ2v) is 7.19. The van der Waals surface area contributed by atoms with Crippen molar-refractivity contribution in [2.24, 2.45) is 23.7 Å². The van der Waals surface area contributed by atoms with Crippen molar-refractivity contribution >= 4 is 5.97 Å². The third-order valence-electron chi connectivity index (χ3n) is 5.59. The number of rotatable bonds is 2. The highest BCUT2D eigenvalue weighted by molar-refractivity contribution is 5.87. The molecule has 6 unspecified atom stereocenters. The molecule has 3 rings (SSSR count). The summed E-state index contributed by atoms with van der Waals surface area (Å²) in [5.41, 5.74) is -0.0378. The van der Waals surface area contributed by atoms with Gasteiger partial charge in [-0.05, 0) is 69.6 Å². The topological polar surface area (TPSA) is 46.5 Å². The van der Waals surface area contributed by atoms with E-state index in [4.69, 9.17) is 4.74 Å². The van der Waals surface area contributed by atoms with Gasteiger partial charge >= 0.3 is 5.97 Å². The fourth-order valence-corrected chi connectivity index (χ4v) is 4.75. The lowest BCUT2D eigenvalue weighted by molar-refractivity contribution is -0.150. The molecule has 3 fully saturated rings. The van der Waals surface area contributed by atoms with Crippen LogP contribution in [0.4, 0.5) is 0 Å². The molecule has 2 bridgehead atoms. The summed E-state index contributed by atoms with van der Waals surface area (Å²) in [6.45, 7) is 7.30. The molecule has 3 saturated carbocycles. The number of hydrogen-bond donors (Lipinski definition) is 1. The smallest absolute Gasteiger partial charge is 0.333 e. The van der Waals surface area contributed by atoms with Crippen LogP contribution in [0.25, 0.3) is 0 Å². The summed E-state index contributed by atoms with van der Waals surface area (Å²) in [6.07, 6.45) is 5.20. The van der Waals surface area contributed by atoms with Crippen molar-refractivity contribution in [1.82, 2.24) is 0 Å². The van der Waals surface area contributed by atoms with E-state index >= 15 is 0 Å². The highest BCUT2D eigenvalue weighted by atomic mass is 16.5. The van der Waals surface area contributed by atoms with E-state index in [1.165, 1.54) is 6.42 Å². The van der Waals surface area contributed by atoms with Crippen LogP contribution >= 0.6 is 0 Å². The number of ether oxygens (including phenoxy) is 1. The monoisotopic (exact) mass is 264 g/mol. The van der Waals surface area contributed by atoms with Crippen molar-refractivity contribution in [1.29, 1.82) is 0 Å². The molecule has 0 spiro atoms. The fourth-order valence-electron chi connectivity index (χ4n) is 4.75. The Morgan fingerprint density at radius 3 is 2.74 bits per heavy atom. The molecule has 0 saturated heterocycles. The molecular weight excluding hydrogens is 240 g/mol. The Morgan fingerprint density at radius 1 is 1.32 bits per heavy atom. The standard InChI is InChI=1S/C16H24O3/c1-9(2)15(17)19-14-7-10-6-12(14)13-8-16(3,18)5-4-11(10)13/h10-14,18H,1,4-8H2,2-3H3. The molecule has 3 nitrogen and oxygen atoms in total. The Balaban J connectivity index is 1.70. The molecule has 19 heavy (non-hydrogen) atoms. The van der Waals surface area contributed by atoms with Crippen molar-refractivity contribution < 1.29 is 14.6 Å². The van der Waals surface area contributed by atoms with E-state index in [0.717, 1.165) is 31.6 Å². The SMILES string of the molecule is C=C(C)C(=O)OC1CC2CC1C1CC(C)(O)CCC21. The summed E-state index contributed by atoms with van der Waals surface area (Å²) in [7, 11) is 0. The van der Waals surface area contributed by atoms with Crippen LogP contribution in [-0.4, -0.2) is 22.8 Å². The molecule has 0 heterocycles. The highest BCUT2D eigenvalue weighted by Gasteiger charge is 2.56. The first kappa shape index (κ1) is 13.2. The van der Waals surface area contributed by atoms with E-state index in [-0.39, 0.29) is 12.1 Å². The van der Waals surface area contributed by atoms with Gasteiger partial charge in [0.2, 0.25) is 0 Å². The minimum atomic E-state index is -0.519. The molecule has 1 N–H and O–H groups in total. The zero-order valence-corrected chi connectivity index (χ0v) is 11.9. The first-order valence-corrected chi connectivity index (χ1v) is 7.46. The molecule has 0 aromatic rings. The zero-order chi connectivity index (χ0) is 13.8. The Labute approximate surface area is 115 Å². The van der Waals surface area contributed by atoms with E-state index in [1.807, 2.05) is 6.92 Å². The predicted molar refractivity (Wildman–Crippen MR) is 72.4 cm³/mol. The van der Waals surface area contributed by atoms with Crippen molar-refractivity contribution in [3.05, 3.63) is 12.2 Å². The number of esters is 1. The fraction of sp³-hybridized carbons (Fsp3) is 0.812. The van der Waals surface area contributed by atoms with Gasteiger partial charge in [0.1, 0.15) is 6.10 Å². The first-order chi connectivity index (χ1) is 8.87. The highest BCUT2D eigenvalue weighted by Crippen LogP contribution is 2.59. The van der Waals surface area contributed by atoms with E-state index < -0.39 is 5.60 Å². The molecular formula is C16H24O3. The van der Waals surface area contributed by atoms with Crippen LogP contribution in [-0.2, 0) is 9.53 Å². The minimum Gasteiger partial charge on any atom is -0.459 e. The van der Waals surface area contributed by atoms with E-state index in [9.17, 15) is 9.90 Å². The summed E-state index contributed by atoms with van der Waals surface area (Å²) >= 11 is 0. The lowest BCUT2D eigenvalue weighted by atomic mass is 9.65. The van der Waals surface area contributed by atoms with Crippen LogP contribution in [0.5, 0.6) is 0 Å². The van der Waals surface area contributed by atoms with Gasteiger partial charge in [-0.3, -0.25) is 0 Å². The summed E-state index contributed by atoms with van der Waals surface area (Å²) in [5, 5.41) is 10.3. The van der Waals surface area contributed by atoms with Crippen LogP contribution in [0.15, 0.2) is 12.2 Å². The molecule has 3 aliphatic carbocycles. The van der Waals surface area contributed by atoms with Gasteiger partial charge in [-0.15, -0.1) is 0 Å². The van der Waals surface area contributed by atoms with Gasteiger partial charge in [0, 0.05) is 5.57 Å². The van der Waals surface area contributed by atoms with Gasteiger partial charge in [-0.1, -0.05) is 6.58 Å². The van der Waals surface area contributed by atoms with Gasteiger partial charge in [-0.25, -0.2) is 4.79 Å². The molecule has 3 aliphatic rings. The number of carbonyl (C=O) groups excluding carboxylic acids is 1. The maximum absolute atomic E-state index is 11.7. The quantitative estimate of drug-likeness (QED) is 0.616. The average Bonchev–Trinajstić information content (AvgIpc) is 2.84. The van der Waals surface area contributed by atoms with Crippen LogP contribution in [0.3, 0.4) is 0 Å². The van der Waals surface area contributed by atoms with Crippen molar-refractivity contribution in [2.45, 2.75) is 57.7 Å². The van der Waals surface area contributed by atoms with Crippen LogP contribution in [0.1, 0.15) is 46.0 Å². The maximum Gasteiger partial charge on any atom is 0.333 e. The summed E-state index contributed by atoms with van der Waals surface area (Å²) in [5.74, 6) is 2.21. The molecule has 3 heteroatoms. The Bertz CT molecular complexity index is 412. The van der Waals surface area contributed by atoms with Crippen molar-refractivity contribution in [2.75, 3.05) is 0 Å². The van der Waals surface area contributed by atoms with Crippen molar-refractivity contribution in [3.63, 3.8) is 0 Å². The number of aliphatic hydroxyl groups is 1. The van der Waals surface area contributed by atoms with Crippen LogP contribution in [0, 0.1) is 23.7 Å². The van der Waals surface area contributed by atoms with Gasteiger partial charge in [0.05, 0.1) is 5.60 Å². The normalized spacial score (nSPS) is 47.8. The molecule has 0 aromatic carbocycles. The average molecular weight is 264 g/mol. The third-order valence-corrected chi connectivity index (χ3v) is 5.59. The summed E-state index contributed by atoms with van der Waals surface area (Å²) < 4.78 is 5.60. The maximum atomic E-state index is 11.7. The number of carbonyl (C=O) groups is 1. The van der Waals surface area contributed by atoms with Gasteiger partial charge in [-0.2, -0.15) is 0 Å². The first-order valence-electron chi connectivity index (χ1n) is 7.46. The minimum absolute atomic E-state index is 0.0596. The molecule has 106 valence electrons. The lowest BCUT2D eigenvalue weighted by Crippen LogP contribution is -2.43. The van der Waals surface area contributed by atoms with E-state index in [2.05, 4.69) is 6.58 Å². The Morgan fingerprint density at radius 2 is 2.05 bits per heavy atom. The number of fused-ring (bicyclic) bond motifs is 5. The molecule has 0 aromatic heterocycles. The molecule has 0 aliphatic heterocycles.